The highest BCUT2D eigenvalue weighted by atomic mass is 32.2. The third kappa shape index (κ3) is 5.65. The molecule has 2 aromatic rings. The number of carboxylic acids is 1. The van der Waals surface area contributed by atoms with Crippen molar-refractivity contribution in [3.05, 3.63) is 60.2 Å². The third-order valence-corrected chi connectivity index (χ3v) is 6.15. The number of anilines is 1. The number of carboxylic acid groups (broad SMARTS) is 1. The van der Waals surface area contributed by atoms with E-state index < -0.39 is 27.1 Å². The van der Waals surface area contributed by atoms with Crippen LogP contribution in [0.4, 0.5) is 5.69 Å². The van der Waals surface area contributed by atoms with Crippen LogP contribution < -0.4 is 10.0 Å². The highest BCUT2D eigenvalue weighted by Crippen LogP contribution is 2.22. The molecule has 3 N–H and O–H groups in total. The lowest BCUT2D eigenvalue weighted by molar-refractivity contribution is -0.138. The zero-order chi connectivity index (χ0) is 20.9. The van der Waals surface area contributed by atoms with Gasteiger partial charge in [0.1, 0.15) is 5.25 Å². The van der Waals surface area contributed by atoms with E-state index in [1.807, 2.05) is 0 Å². The van der Waals surface area contributed by atoms with Gasteiger partial charge in [0, 0.05) is 5.69 Å². The lowest BCUT2D eigenvalue weighted by Crippen LogP contribution is -2.26. The van der Waals surface area contributed by atoms with Gasteiger partial charge in [-0.1, -0.05) is 42.1 Å². The summed E-state index contributed by atoms with van der Waals surface area (Å²) in [5.41, 5.74) is 0.939. The molecule has 2 aromatic carbocycles. The Morgan fingerprint density at radius 2 is 1.97 bits per heavy atom. The number of carbonyl (C=O) groups excluding carboxylic acids is 1. The van der Waals surface area contributed by atoms with Crippen molar-refractivity contribution in [3.63, 3.8) is 0 Å². The summed E-state index contributed by atoms with van der Waals surface area (Å²) in [4.78, 5) is 22.5. The fraction of sp³-hybridized carbons (Fsp3) is 0.111. The first-order valence-corrected chi connectivity index (χ1v) is 10.7. The van der Waals surface area contributed by atoms with E-state index in [0.29, 0.717) is 11.3 Å². The molecule has 1 aliphatic heterocycles. The van der Waals surface area contributed by atoms with E-state index >= 15 is 0 Å². The van der Waals surface area contributed by atoms with Crippen LogP contribution >= 0.6 is 11.8 Å². The van der Waals surface area contributed by atoms with Gasteiger partial charge in [0.25, 0.3) is 10.0 Å². The lowest BCUT2D eigenvalue weighted by Gasteiger charge is -2.08. The van der Waals surface area contributed by atoms with E-state index in [4.69, 9.17) is 5.11 Å². The molecule has 3 rings (SSSR count). The Labute approximate surface area is 171 Å². The monoisotopic (exact) mass is 432 g/mol. The van der Waals surface area contributed by atoms with Crippen LogP contribution in [0.2, 0.25) is 0 Å². The first-order chi connectivity index (χ1) is 13.8. The number of rotatable bonds is 7. The Hall–Kier alpha value is -3.18. The van der Waals surface area contributed by atoms with Gasteiger partial charge in [0.2, 0.25) is 5.91 Å². The van der Waals surface area contributed by atoms with E-state index in [1.165, 1.54) is 18.3 Å². The van der Waals surface area contributed by atoms with Crippen LogP contribution in [0.1, 0.15) is 12.0 Å². The number of carbonyl (C=O) groups is 2. The molecular formula is C18H16N4O5S2. The molecule has 150 valence electrons. The molecule has 1 fully saturated rings. The van der Waals surface area contributed by atoms with Gasteiger partial charge < -0.3 is 10.4 Å². The summed E-state index contributed by atoms with van der Waals surface area (Å²) in [5, 5.41) is 18.4. The Morgan fingerprint density at radius 1 is 1.21 bits per heavy atom. The fourth-order valence-electron chi connectivity index (χ4n) is 2.39. The zero-order valence-corrected chi connectivity index (χ0v) is 16.5. The number of sulfonamides is 1. The second kappa shape index (κ2) is 8.88. The maximum atomic E-state index is 12.4. The number of amidine groups is 1. The summed E-state index contributed by atoms with van der Waals surface area (Å²) in [6.07, 6.45) is 1.09. The van der Waals surface area contributed by atoms with Gasteiger partial charge in [0.15, 0.2) is 5.17 Å². The van der Waals surface area contributed by atoms with Gasteiger partial charge in [0.05, 0.1) is 17.5 Å². The van der Waals surface area contributed by atoms with E-state index in [1.54, 1.807) is 42.5 Å². The van der Waals surface area contributed by atoms with E-state index in [-0.39, 0.29) is 16.5 Å². The third-order valence-electron chi connectivity index (χ3n) is 3.68. The molecule has 1 saturated heterocycles. The Morgan fingerprint density at radius 3 is 2.69 bits per heavy atom. The highest BCUT2D eigenvalue weighted by Gasteiger charge is 2.32. The van der Waals surface area contributed by atoms with Crippen molar-refractivity contribution in [2.75, 3.05) is 4.72 Å². The van der Waals surface area contributed by atoms with Crippen molar-refractivity contribution >= 4 is 50.7 Å². The molecule has 0 aliphatic carbocycles. The summed E-state index contributed by atoms with van der Waals surface area (Å²) in [7, 11) is -3.71. The van der Waals surface area contributed by atoms with Gasteiger partial charge in [-0.25, -0.2) is 8.42 Å². The second-order valence-corrected chi connectivity index (χ2v) is 8.76. The highest BCUT2D eigenvalue weighted by molar-refractivity contribution is 8.15. The van der Waals surface area contributed by atoms with Crippen LogP contribution in [0.3, 0.4) is 0 Å². The van der Waals surface area contributed by atoms with Gasteiger partial charge in [-0.2, -0.15) is 5.10 Å². The topological polar surface area (TPSA) is 137 Å². The molecule has 9 nitrogen and oxygen atoms in total. The summed E-state index contributed by atoms with van der Waals surface area (Å²) >= 11 is 0.994. The molecule has 1 atom stereocenters. The van der Waals surface area contributed by atoms with Crippen molar-refractivity contribution in [1.29, 1.82) is 0 Å². The largest absolute Gasteiger partial charge is 0.481 e. The molecule has 11 heteroatoms. The predicted molar refractivity (Wildman–Crippen MR) is 110 cm³/mol. The normalized spacial score (nSPS) is 18.1. The van der Waals surface area contributed by atoms with Crippen molar-refractivity contribution in [2.24, 2.45) is 10.2 Å². The molecule has 0 aromatic heterocycles. The van der Waals surface area contributed by atoms with Crippen LogP contribution in [-0.2, 0) is 19.6 Å². The molecule has 29 heavy (non-hydrogen) atoms. The van der Waals surface area contributed by atoms with Gasteiger partial charge >= 0.3 is 5.97 Å². The number of thioether (sulfide) groups is 1. The zero-order valence-electron chi connectivity index (χ0n) is 14.8. The number of aliphatic carboxylic acids is 1. The Bertz CT molecular complexity index is 1080. The maximum absolute atomic E-state index is 12.4. The number of nitrogens with zero attached hydrogens (tertiary/aromatic N) is 2. The molecule has 0 radical (unpaired) electrons. The van der Waals surface area contributed by atoms with E-state index in [9.17, 15) is 18.0 Å². The van der Waals surface area contributed by atoms with Crippen LogP contribution in [0.15, 0.2) is 69.7 Å². The molecule has 1 amide bonds. The van der Waals surface area contributed by atoms with E-state index in [2.05, 4.69) is 20.2 Å². The molecule has 1 heterocycles. The van der Waals surface area contributed by atoms with Crippen LogP contribution in [0.25, 0.3) is 0 Å². The fourth-order valence-corrected chi connectivity index (χ4v) is 4.38. The molecule has 1 aliphatic rings. The minimum Gasteiger partial charge on any atom is -0.481 e. The number of hydrogen-bond acceptors (Lipinski definition) is 7. The van der Waals surface area contributed by atoms with Crippen molar-refractivity contribution < 1.29 is 23.1 Å². The van der Waals surface area contributed by atoms with Gasteiger partial charge in [-0.3, -0.25) is 14.3 Å². The van der Waals surface area contributed by atoms with Gasteiger partial charge in [-0.05, 0) is 29.8 Å². The van der Waals surface area contributed by atoms with Crippen LogP contribution in [-0.4, -0.2) is 42.0 Å². The summed E-state index contributed by atoms with van der Waals surface area (Å²) in [6.45, 7) is 0. The summed E-state index contributed by atoms with van der Waals surface area (Å²) < 4.78 is 27.3. The minimum absolute atomic E-state index is 0.149. The standard InChI is InChI=1S/C18H16N4O5S2/c23-16(24)10-15-17(25)20-18(28-15)21-19-11-12-5-4-6-13(9-12)22-29(26,27)14-7-2-1-3-8-14/h1-9,11,15,22H,10H2,(H,23,24)(H,20,21,25). The van der Waals surface area contributed by atoms with Crippen molar-refractivity contribution in [3.8, 4) is 0 Å². The smallest absolute Gasteiger partial charge is 0.305 e. The summed E-state index contributed by atoms with van der Waals surface area (Å²) in [5.74, 6) is -1.50. The van der Waals surface area contributed by atoms with Gasteiger partial charge in [-0.15, -0.1) is 5.10 Å². The molecule has 0 saturated carbocycles. The quantitative estimate of drug-likeness (QED) is 0.451. The summed E-state index contributed by atoms with van der Waals surface area (Å²) in [6, 6.07) is 14.5. The lowest BCUT2D eigenvalue weighted by atomic mass is 10.2. The average molecular weight is 432 g/mol. The van der Waals surface area contributed by atoms with Crippen molar-refractivity contribution in [2.45, 2.75) is 16.6 Å². The second-order valence-electron chi connectivity index (χ2n) is 5.89. The number of nitrogens with one attached hydrogen (secondary N) is 2. The predicted octanol–water partition coefficient (Wildman–Crippen LogP) is 1.88. The number of amides is 1. The number of benzene rings is 2. The molecule has 0 bridgehead atoms. The number of hydrogen-bond donors (Lipinski definition) is 3. The van der Waals surface area contributed by atoms with Crippen LogP contribution in [0.5, 0.6) is 0 Å². The Kier molecular flexibility index (Phi) is 6.29. The molecule has 1 unspecified atom stereocenters. The SMILES string of the molecule is O=C(O)CC1SC(=NN=Cc2cccc(NS(=O)(=O)c3ccccc3)c2)NC1=O. The average Bonchev–Trinajstić information content (AvgIpc) is 3.01. The molecular weight excluding hydrogens is 416 g/mol. The maximum Gasteiger partial charge on any atom is 0.305 e. The van der Waals surface area contributed by atoms with Crippen LogP contribution in [0, 0.1) is 0 Å². The molecule has 0 spiro atoms. The first kappa shape index (κ1) is 20.6. The first-order valence-electron chi connectivity index (χ1n) is 8.32. The minimum atomic E-state index is -3.71. The van der Waals surface area contributed by atoms with Crippen molar-refractivity contribution in [1.82, 2.24) is 5.32 Å². The van der Waals surface area contributed by atoms with E-state index in [0.717, 1.165) is 11.8 Å². The Balaban J connectivity index is 1.67.